The van der Waals surface area contributed by atoms with Crippen LogP contribution in [-0.2, 0) is 19.1 Å². The highest BCUT2D eigenvalue weighted by atomic mass is 19.4. The van der Waals surface area contributed by atoms with Crippen molar-refractivity contribution in [2.45, 2.75) is 90.8 Å². The fourth-order valence-corrected chi connectivity index (χ4v) is 3.84. The predicted molar refractivity (Wildman–Crippen MR) is 113 cm³/mol. The first-order valence-electron chi connectivity index (χ1n) is 12.8. The van der Waals surface area contributed by atoms with Crippen LogP contribution >= 0.6 is 0 Å². The van der Waals surface area contributed by atoms with E-state index in [9.17, 15) is 124 Å². The van der Waals surface area contributed by atoms with Crippen LogP contribution in [0.4, 0.5) is 114 Å². The van der Waals surface area contributed by atoms with Crippen molar-refractivity contribution in [1.82, 2.24) is 0 Å². The smallest absolute Gasteiger partial charge is 0.460 e. The minimum atomic E-state index is -8.30. The van der Waals surface area contributed by atoms with Crippen LogP contribution < -0.4 is 0 Å². The van der Waals surface area contributed by atoms with Crippen molar-refractivity contribution in [3.8, 4) is 0 Å². The van der Waals surface area contributed by atoms with E-state index in [1.54, 1.807) is 0 Å². The molecule has 0 bridgehead atoms. The SMILES string of the molecule is C=CC1CC1(C(=O)OCCC(F)(F)C(F)(F)C(F)(F)C(F)(F)C(F)(F)C(F)(F)F)C(=O)OCCC(F)(F)C(F)(F)C(F)(F)C(F)(F)C(F)(F)C(F)(F)F. The summed E-state index contributed by atoms with van der Waals surface area (Å²) in [5, 5.41) is 0. The molecule has 1 aliphatic rings. The van der Waals surface area contributed by atoms with Crippen molar-refractivity contribution >= 4 is 11.9 Å². The molecule has 1 aliphatic carbocycles. The fourth-order valence-electron chi connectivity index (χ4n) is 3.84. The maximum Gasteiger partial charge on any atom is 0.460 e. The first-order valence-corrected chi connectivity index (χ1v) is 12.8. The van der Waals surface area contributed by atoms with Gasteiger partial charge in [-0.05, 0) is 6.42 Å². The molecule has 0 heterocycles. The first kappa shape index (κ1) is 47.9. The van der Waals surface area contributed by atoms with Gasteiger partial charge in [0.25, 0.3) is 0 Å². The zero-order valence-corrected chi connectivity index (χ0v) is 24.4. The number of hydrogen-bond acceptors (Lipinski definition) is 4. The summed E-state index contributed by atoms with van der Waals surface area (Å²) in [6.45, 7) is -2.04. The lowest BCUT2D eigenvalue weighted by atomic mass is 9.92. The van der Waals surface area contributed by atoms with E-state index in [-0.39, 0.29) is 0 Å². The molecule has 4 nitrogen and oxygen atoms in total. The van der Waals surface area contributed by atoms with Gasteiger partial charge in [-0.3, -0.25) is 9.59 Å². The van der Waals surface area contributed by atoms with Gasteiger partial charge in [0.15, 0.2) is 5.41 Å². The molecular formula is C23H14F26O4. The Morgan fingerprint density at radius 1 is 0.472 bits per heavy atom. The summed E-state index contributed by atoms with van der Waals surface area (Å²) in [6.07, 6.45) is -22.4. The van der Waals surface area contributed by atoms with Crippen molar-refractivity contribution in [2.24, 2.45) is 11.3 Å². The van der Waals surface area contributed by atoms with Crippen molar-refractivity contribution in [2.75, 3.05) is 13.2 Å². The molecule has 0 radical (unpaired) electrons. The molecular weight excluding hydrogens is 834 g/mol. The van der Waals surface area contributed by atoms with E-state index in [2.05, 4.69) is 16.1 Å². The number of hydrogen-bond donors (Lipinski definition) is 0. The van der Waals surface area contributed by atoms with Crippen molar-refractivity contribution in [1.29, 1.82) is 0 Å². The molecule has 0 aliphatic heterocycles. The number of allylic oxidation sites excluding steroid dienone is 1. The number of halogens is 26. The highest BCUT2D eigenvalue weighted by Crippen LogP contribution is 2.63. The largest absolute Gasteiger partial charge is 0.465 e. The average Bonchev–Trinajstić information content (AvgIpc) is 3.71. The molecule has 0 aromatic rings. The highest BCUT2D eigenvalue weighted by molar-refractivity contribution is 6.04. The minimum absolute atomic E-state index is 0.487. The fraction of sp³-hybridized carbons (Fsp3) is 0.826. The number of rotatable bonds is 17. The molecule has 30 heteroatoms. The quantitative estimate of drug-likeness (QED) is 0.0634. The minimum Gasteiger partial charge on any atom is -0.465 e. The average molecular weight is 848 g/mol. The topological polar surface area (TPSA) is 52.6 Å². The Morgan fingerprint density at radius 2 is 0.717 bits per heavy atom. The Bertz CT molecular complexity index is 1280. The van der Waals surface area contributed by atoms with E-state index in [4.69, 9.17) is 0 Å². The molecule has 1 unspecified atom stereocenters. The van der Waals surface area contributed by atoms with Gasteiger partial charge >= 0.3 is 83.5 Å². The lowest BCUT2D eigenvalue weighted by Crippen LogP contribution is -2.70. The zero-order chi connectivity index (χ0) is 42.9. The molecule has 1 atom stereocenters. The van der Waals surface area contributed by atoms with Crippen LogP contribution in [0.5, 0.6) is 0 Å². The van der Waals surface area contributed by atoms with Gasteiger partial charge in [-0.25, -0.2) is 0 Å². The molecule has 0 amide bonds. The summed E-state index contributed by atoms with van der Waals surface area (Å²) < 4.78 is 351. The van der Waals surface area contributed by atoms with Crippen LogP contribution in [-0.4, -0.2) is 96.7 Å². The third-order valence-corrected chi connectivity index (χ3v) is 7.32. The van der Waals surface area contributed by atoms with Gasteiger partial charge in [-0.15, -0.1) is 6.58 Å². The Labute approximate surface area is 274 Å². The molecule has 1 saturated carbocycles. The molecule has 312 valence electrons. The Balaban J connectivity index is 3.16. The van der Waals surface area contributed by atoms with Gasteiger partial charge < -0.3 is 9.47 Å². The molecule has 1 fully saturated rings. The third-order valence-electron chi connectivity index (χ3n) is 7.32. The monoisotopic (exact) mass is 848 g/mol. The Hall–Kier alpha value is -3.14. The second-order valence-corrected chi connectivity index (χ2v) is 10.8. The van der Waals surface area contributed by atoms with E-state index < -0.39 is 127 Å². The van der Waals surface area contributed by atoms with Gasteiger partial charge in [0.05, 0.1) is 26.1 Å². The number of ether oxygens (including phenoxy) is 2. The van der Waals surface area contributed by atoms with E-state index in [1.165, 1.54) is 0 Å². The van der Waals surface area contributed by atoms with Crippen molar-refractivity contribution in [3.05, 3.63) is 12.7 Å². The summed E-state index contributed by atoms with van der Waals surface area (Å²) in [7, 11) is 0. The summed E-state index contributed by atoms with van der Waals surface area (Å²) in [4.78, 5) is 24.6. The molecule has 0 spiro atoms. The van der Waals surface area contributed by atoms with Crippen molar-refractivity contribution < 1.29 is 133 Å². The number of alkyl halides is 26. The lowest BCUT2D eigenvalue weighted by molar-refractivity contribution is -0.440. The van der Waals surface area contributed by atoms with Crippen molar-refractivity contribution in [3.63, 3.8) is 0 Å². The zero-order valence-electron chi connectivity index (χ0n) is 24.4. The van der Waals surface area contributed by atoms with Crippen LogP contribution in [0.3, 0.4) is 0 Å². The lowest BCUT2D eigenvalue weighted by Gasteiger charge is -2.39. The number of carbonyl (C=O) groups excluding carboxylic acids is 2. The van der Waals surface area contributed by atoms with Crippen LogP contribution in [0.1, 0.15) is 19.3 Å². The Morgan fingerprint density at radius 3 is 0.925 bits per heavy atom. The number of carbonyl (C=O) groups is 2. The summed E-state index contributed by atoms with van der Waals surface area (Å²) in [5.41, 5.74) is -3.14. The predicted octanol–water partition coefficient (Wildman–Crippen LogP) is 9.52. The van der Waals surface area contributed by atoms with Crippen LogP contribution in [0, 0.1) is 11.3 Å². The second kappa shape index (κ2) is 13.3. The van der Waals surface area contributed by atoms with Crippen LogP contribution in [0.2, 0.25) is 0 Å². The summed E-state index contributed by atoms with van der Waals surface area (Å²) in [5.74, 6) is -85.1. The van der Waals surface area contributed by atoms with Gasteiger partial charge in [0.2, 0.25) is 0 Å². The van der Waals surface area contributed by atoms with E-state index in [0.29, 0.717) is 6.08 Å². The molecule has 1 rings (SSSR count). The third kappa shape index (κ3) is 6.99. The standard InChI is InChI=1S/C23H14F26O4/c1-2-8-7-11(8,9(50)52-5-3-12(24,25)14(28,29)16(32,33)18(36,37)20(40,41)22(44,45)46)10(51)53-6-4-13(26,27)15(30,31)17(34,35)19(38,39)21(42,43)23(47,48)49/h2,8H,1,3-7H2. The summed E-state index contributed by atoms with van der Waals surface area (Å²) in [6, 6.07) is 0. The van der Waals surface area contributed by atoms with Gasteiger partial charge in [-0.2, -0.15) is 114 Å². The molecule has 0 aromatic heterocycles. The van der Waals surface area contributed by atoms with E-state index in [1.807, 2.05) is 0 Å². The van der Waals surface area contributed by atoms with Crippen LogP contribution in [0.15, 0.2) is 12.7 Å². The molecule has 0 aromatic carbocycles. The van der Waals surface area contributed by atoms with Gasteiger partial charge in [-0.1, -0.05) is 6.08 Å². The maximum absolute atomic E-state index is 13.9. The van der Waals surface area contributed by atoms with E-state index >= 15 is 0 Å². The van der Waals surface area contributed by atoms with Crippen LogP contribution in [0.25, 0.3) is 0 Å². The van der Waals surface area contributed by atoms with Gasteiger partial charge in [0, 0.05) is 5.92 Å². The molecule has 0 saturated heterocycles. The normalized spacial score (nSPS) is 18.8. The molecule has 0 N–H and O–H groups in total. The molecule has 53 heavy (non-hydrogen) atoms. The van der Waals surface area contributed by atoms with E-state index in [0.717, 1.165) is 0 Å². The highest BCUT2D eigenvalue weighted by Gasteiger charge is 2.92. The maximum atomic E-state index is 13.9. The Kier molecular flexibility index (Phi) is 12.0. The number of esters is 2. The van der Waals surface area contributed by atoms with Gasteiger partial charge in [0.1, 0.15) is 0 Å². The summed E-state index contributed by atoms with van der Waals surface area (Å²) >= 11 is 0. The second-order valence-electron chi connectivity index (χ2n) is 10.8. The first-order chi connectivity index (χ1) is 22.9.